The molecule has 1 heterocycles. The van der Waals surface area contributed by atoms with Crippen LogP contribution in [0.1, 0.15) is 8.22 Å². The van der Waals surface area contributed by atoms with E-state index < -0.39 is 6.04 Å². The second-order valence-electron chi connectivity index (χ2n) is 14.5. The monoisotopic (exact) mass is 744 g/mol. The van der Waals surface area contributed by atoms with Crippen molar-refractivity contribution in [3.63, 3.8) is 0 Å². The summed E-state index contributed by atoms with van der Waals surface area (Å²) < 4.78 is 56.6. The molecule has 0 saturated heterocycles. The lowest BCUT2D eigenvalue weighted by molar-refractivity contribution is 1.18. The van der Waals surface area contributed by atoms with Crippen LogP contribution in [0.2, 0.25) is 0 Å². The van der Waals surface area contributed by atoms with Gasteiger partial charge in [0.15, 0.2) is 0 Å². The van der Waals surface area contributed by atoms with Gasteiger partial charge in [-0.2, -0.15) is 0 Å². The highest BCUT2D eigenvalue weighted by Crippen LogP contribution is 2.44. The molecule has 10 aromatic carbocycles. The fourth-order valence-electron chi connectivity index (χ4n) is 8.48. The van der Waals surface area contributed by atoms with Gasteiger partial charge in [0.05, 0.1) is 19.3 Å². The first-order valence-corrected chi connectivity index (χ1v) is 19.4. The van der Waals surface area contributed by atoms with Gasteiger partial charge < -0.3 is 9.47 Å². The molecular weight excluding hydrogens is 701 g/mol. The number of hydrogen-bond acceptors (Lipinski definition) is 1. The highest BCUT2D eigenvalue weighted by atomic mass is 15.1. The minimum atomic E-state index is -0.423. The Bertz CT molecular complexity index is 3620. The molecule has 0 amide bonds. The second-order valence-corrected chi connectivity index (χ2v) is 14.5. The molecule has 0 aliphatic rings. The van der Waals surface area contributed by atoms with E-state index in [1.165, 1.54) is 0 Å². The topological polar surface area (TPSA) is 8.17 Å². The summed E-state index contributed by atoms with van der Waals surface area (Å²) in [5.74, 6) is 0. The smallest absolute Gasteiger partial charge is 0.0645 e. The maximum atomic E-state index is 9.64. The summed E-state index contributed by atoms with van der Waals surface area (Å²) >= 11 is 0. The molecule has 58 heavy (non-hydrogen) atoms. The number of hydrogen-bond donors (Lipinski definition) is 0. The van der Waals surface area contributed by atoms with E-state index in [1.807, 2.05) is 77.4 Å². The zero-order valence-corrected chi connectivity index (χ0v) is 31.4. The minimum absolute atomic E-state index is 0.0403. The van der Waals surface area contributed by atoms with E-state index in [1.54, 1.807) is 0 Å². The first-order chi connectivity index (χ1) is 31.3. The van der Waals surface area contributed by atoms with Crippen LogP contribution in [-0.2, 0) is 0 Å². The molecule has 0 unspecified atom stereocenters. The van der Waals surface area contributed by atoms with Gasteiger partial charge in [-0.25, -0.2) is 0 Å². The molecule has 0 N–H and O–H groups in total. The van der Waals surface area contributed by atoms with Crippen LogP contribution in [0.4, 0.5) is 17.1 Å². The van der Waals surface area contributed by atoms with Crippen molar-refractivity contribution in [1.82, 2.24) is 4.57 Å². The van der Waals surface area contributed by atoms with Crippen molar-refractivity contribution in [2.45, 2.75) is 0 Å². The minimum Gasteiger partial charge on any atom is -0.310 e. The summed E-state index contributed by atoms with van der Waals surface area (Å²) in [5, 5.41) is 3.64. The van der Waals surface area contributed by atoms with Gasteiger partial charge in [-0.1, -0.05) is 170 Å². The van der Waals surface area contributed by atoms with Crippen molar-refractivity contribution < 1.29 is 8.22 Å². The number of rotatable bonds is 7. The van der Waals surface area contributed by atoms with Crippen LogP contribution in [0, 0.1) is 0 Å². The fraction of sp³-hybridized carbons (Fsp3) is 0. The Morgan fingerprint density at radius 1 is 0.362 bits per heavy atom. The van der Waals surface area contributed by atoms with Crippen molar-refractivity contribution in [3.8, 4) is 39.1 Å². The van der Waals surface area contributed by atoms with Crippen molar-refractivity contribution >= 4 is 60.4 Å². The maximum Gasteiger partial charge on any atom is 0.0645 e. The lowest BCUT2D eigenvalue weighted by atomic mass is 9.93. The zero-order valence-electron chi connectivity index (χ0n) is 37.4. The molecule has 2 heteroatoms. The maximum absolute atomic E-state index is 9.64. The summed E-state index contributed by atoms with van der Waals surface area (Å²) in [6.07, 6.45) is 0. The van der Waals surface area contributed by atoms with Crippen LogP contribution in [0.15, 0.2) is 230 Å². The lowest BCUT2D eigenvalue weighted by Crippen LogP contribution is -2.09. The van der Waals surface area contributed by atoms with Crippen LogP contribution < -0.4 is 4.90 Å². The number of anilines is 3. The van der Waals surface area contributed by atoms with E-state index >= 15 is 0 Å². The zero-order chi connectivity index (χ0) is 43.6. The molecule has 0 bridgehead atoms. The number of para-hydroxylation sites is 1. The molecule has 0 radical (unpaired) electrons. The highest BCUT2D eigenvalue weighted by molar-refractivity contribution is 6.26. The summed E-state index contributed by atoms with van der Waals surface area (Å²) in [6, 6.07) is 64.6. The van der Waals surface area contributed by atoms with Crippen LogP contribution in [0.25, 0.3) is 82.4 Å². The third-order valence-electron chi connectivity index (χ3n) is 11.1. The molecule has 2 nitrogen and oxygen atoms in total. The average molecular weight is 745 g/mol. The van der Waals surface area contributed by atoms with E-state index in [2.05, 4.69) is 126 Å². The molecule has 0 aliphatic carbocycles. The molecule has 0 saturated carbocycles. The van der Waals surface area contributed by atoms with E-state index in [4.69, 9.17) is 4.11 Å². The van der Waals surface area contributed by atoms with Crippen LogP contribution in [-0.4, -0.2) is 4.57 Å². The van der Waals surface area contributed by atoms with Crippen molar-refractivity contribution in [2.75, 3.05) is 4.90 Å². The standard InChI is InChI=1S/C56H38N2/c1-3-15-39(16-4-1)40-31-34-46(35-32-40)57(45-22-5-2-6-23-45)47-24-11-20-43(37-47)44-21-12-25-48(38-44)58-53-30-14-29-52(51-28-13-19-41-17-7-9-26-49(41)51)56(53)55-50-27-10-8-18-42(50)33-36-54(55)58/h1-38H/i8D,10D,18D,27D,33D,36D. The lowest BCUT2D eigenvalue weighted by Gasteiger charge is -2.26. The van der Waals surface area contributed by atoms with E-state index in [-0.39, 0.29) is 41.0 Å². The van der Waals surface area contributed by atoms with Crippen LogP contribution in [0.5, 0.6) is 0 Å². The predicted molar refractivity (Wildman–Crippen MR) is 247 cm³/mol. The third-order valence-corrected chi connectivity index (χ3v) is 11.1. The largest absolute Gasteiger partial charge is 0.310 e. The van der Waals surface area contributed by atoms with Crippen molar-refractivity contribution in [2.24, 2.45) is 0 Å². The Morgan fingerprint density at radius 2 is 0.983 bits per heavy atom. The van der Waals surface area contributed by atoms with Gasteiger partial charge in [0, 0.05) is 33.5 Å². The first kappa shape index (κ1) is 27.8. The number of nitrogens with zero attached hydrogens (tertiary/aromatic N) is 2. The van der Waals surface area contributed by atoms with Gasteiger partial charge in [-0.05, 0) is 116 Å². The van der Waals surface area contributed by atoms with Gasteiger partial charge in [0.1, 0.15) is 0 Å². The number of fused-ring (bicyclic) bond motifs is 6. The highest BCUT2D eigenvalue weighted by Gasteiger charge is 2.20. The number of aromatic nitrogens is 1. The molecule has 272 valence electrons. The summed E-state index contributed by atoms with van der Waals surface area (Å²) in [7, 11) is 0. The third kappa shape index (κ3) is 5.74. The molecule has 1 aromatic heterocycles. The molecule has 0 fully saturated rings. The SMILES string of the molecule is [2H]c1c([2H])c([2H])c2c(c1[2H])c([2H])c([2H])c1c2c2c(-c3cccc4ccccc34)cccc2n1-c1cccc(-c2cccc(N(c3ccccc3)c3ccc(-c4ccccc4)cc3)c2)c1. The van der Waals surface area contributed by atoms with E-state index in [0.717, 1.165) is 77.8 Å². The van der Waals surface area contributed by atoms with Crippen LogP contribution in [0.3, 0.4) is 0 Å². The second kappa shape index (κ2) is 14.1. The molecule has 11 rings (SSSR count). The Kier molecular flexibility index (Phi) is 6.77. The van der Waals surface area contributed by atoms with Gasteiger partial charge in [0.2, 0.25) is 0 Å². The molecule has 0 atom stereocenters. The molecule has 0 spiro atoms. The Morgan fingerprint density at radius 3 is 1.84 bits per heavy atom. The van der Waals surface area contributed by atoms with Gasteiger partial charge >= 0.3 is 0 Å². The van der Waals surface area contributed by atoms with Gasteiger partial charge in [0.25, 0.3) is 0 Å². The number of benzene rings is 10. The van der Waals surface area contributed by atoms with Crippen molar-refractivity contribution in [3.05, 3.63) is 230 Å². The summed E-state index contributed by atoms with van der Waals surface area (Å²) in [5.41, 5.74) is 11.0. The predicted octanol–water partition coefficient (Wildman–Crippen LogP) is 15.6. The Balaban J connectivity index is 1.13. The van der Waals surface area contributed by atoms with Crippen molar-refractivity contribution in [1.29, 1.82) is 0 Å². The first-order valence-electron chi connectivity index (χ1n) is 22.4. The molecule has 0 aliphatic heterocycles. The summed E-state index contributed by atoms with van der Waals surface area (Å²) in [4.78, 5) is 2.25. The molecular formula is C56H38N2. The van der Waals surface area contributed by atoms with Gasteiger partial charge in [-0.3, -0.25) is 0 Å². The molecule has 11 aromatic rings. The fourth-order valence-corrected chi connectivity index (χ4v) is 8.48. The van der Waals surface area contributed by atoms with Crippen LogP contribution >= 0.6 is 0 Å². The van der Waals surface area contributed by atoms with E-state index in [0.29, 0.717) is 10.9 Å². The average Bonchev–Trinajstić information content (AvgIpc) is 3.70. The summed E-state index contributed by atoms with van der Waals surface area (Å²) in [6.45, 7) is 0. The Hall–Kier alpha value is -7.68. The van der Waals surface area contributed by atoms with E-state index in [9.17, 15) is 4.11 Å². The Labute approximate surface area is 346 Å². The quantitative estimate of drug-likeness (QED) is 0.158. The van der Waals surface area contributed by atoms with Gasteiger partial charge in [-0.15, -0.1) is 0 Å². The normalized spacial score (nSPS) is 12.9.